The first-order valence-electron chi connectivity index (χ1n) is 10.6. The molecule has 14 heteroatoms. The third-order valence-electron chi connectivity index (χ3n) is 4.87. The lowest BCUT2D eigenvalue weighted by Gasteiger charge is -2.22. The zero-order valence-corrected chi connectivity index (χ0v) is 19.0. The number of nitrogens with one attached hydrogen (secondary N) is 3. The van der Waals surface area contributed by atoms with Crippen LogP contribution < -0.4 is 38.9 Å². The summed E-state index contributed by atoms with van der Waals surface area (Å²) < 4.78 is 0. The Bertz CT molecular complexity index is 725. The Morgan fingerprint density at radius 1 is 0.970 bits per heavy atom. The summed E-state index contributed by atoms with van der Waals surface area (Å²) in [5.74, 6) is -4.30. The number of guanidine groups is 1. The maximum Gasteiger partial charge on any atom is 0.326 e. The van der Waals surface area contributed by atoms with Crippen LogP contribution in [0.4, 0.5) is 0 Å². The molecule has 0 aliphatic heterocycles. The molecular formula is C19H36N8O6. The van der Waals surface area contributed by atoms with Gasteiger partial charge in [0.15, 0.2) is 5.96 Å². The van der Waals surface area contributed by atoms with Gasteiger partial charge in [0.25, 0.3) is 0 Å². The molecule has 14 nitrogen and oxygen atoms in total. The van der Waals surface area contributed by atoms with Gasteiger partial charge in [0, 0.05) is 13.0 Å². The Morgan fingerprint density at radius 3 is 2.12 bits per heavy atom. The summed E-state index contributed by atoms with van der Waals surface area (Å²) in [6, 6.07) is -3.32. The van der Waals surface area contributed by atoms with Gasteiger partial charge in [0.1, 0.15) is 12.1 Å². The highest BCUT2D eigenvalue weighted by atomic mass is 16.4. The van der Waals surface area contributed by atoms with Gasteiger partial charge in [-0.25, -0.2) is 4.79 Å². The molecule has 0 saturated carbocycles. The zero-order valence-electron chi connectivity index (χ0n) is 19.0. The van der Waals surface area contributed by atoms with Gasteiger partial charge < -0.3 is 44.0 Å². The van der Waals surface area contributed by atoms with Crippen molar-refractivity contribution in [3.8, 4) is 0 Å². The molecule has 0 spiro atoms. The van der Waals surface area contributed by atoms with Gasteiger partial charge in [-0.1, -0.05) is 20.3 Å². The third-order valence-corrected chi connectivity index (χ3v) is 4.87. The number of amides is 4. The normalized spacial score (nSPS) is 14.2. The van der Waals surface area contributed by atoms with Gasteiger partial charge in [0.05, 0.1) is 12.6 Å². The van der Waals surface area contributed by atoms with E-state index >= 15 is 0 Å². The van der Waals surface area contributed by atoms with E-state index in [4.69, 9.17) is 22.9 Å². The van der Waals surface area contributed by atoms with Crippen LogP contribution in [-0.2, 0) is 24.0 Å². The second-order valence-electron chi connectivity index (χ2n) is 7.60. The van der Waals surface area contributed by atoms with Gasteiger partial charge in [0.2, 0.25) is 23.6 Å². The molecule has 4 unspecified atom stereocenters. The highest BCUT2D eigenvalue weighted by molar-refractivity contribution is 5.92. The lowest BCUT2D eigenvalue weighted by atomic mass is 9.99. The highest BCUT2D eigenvalue weighted by Gasteiger charge is 2.27. The number of hydrogen-bond acceptors (Lipinski definition) is 7. The van der Waals surface area contributed by atoms with Crippen LogP contribution in [0.5, 0.6) is 0 Å². The molecular weight excluding hydrogens is 436 g/mol. The van der Waals surface area contributed by atoms with Crippen LogP contribution in [-0.4, -0.2) is 71.9 Å². The fraction of sp³-hybridized carbons (Fsp3) is 0.684. The molecule has 0 aromatic carbocycles. The molecule has 0 rings (SSSR count). The van der Waals surface area contributed by atoms with E-state index in [-0.39, 0.29) is 44.1 Å². The Labute approximate surface area is 192 Å². The molecule has 0 saturated heterocycles. The molecule has 0 fully saturated rings. The minimum Gasteiger partial charge on any atom is -0.480 e. The average molecular weight is 473 g/mol. The quantitative estimate of drug-likeness (QED) is 0.0639. The van der Waals surface area contributed by atoms with E-state index in [1.54, 1.807) is 6.92 Å². The summed E-state index contributed by atoms with van der Waals surface area (Å²) in [6.45, 7) is 3.38. The lowest BCUT2D eigenvalue weighted by Crippen LogP contribution is -2.54. The average Bonchev–Trinajstić information content (AvgIpc) is 2.74. The first kappa shape index (κ1) is 29.6. The van der Waals surface area contributed by atoms with Crippen LogP contribution in [0.1, 0.15) is 46.0 Å². The first-order chi connectivity index (χ1) is 15.4. The molecule has 0 aromatic rings. The Balaban J connectivity index is 5.02. The number of carboxylic acids is 1. The SMILES string of the molecule is CCC(C)C(N)C(=O)NCC(=O)NC(CCC(N)=O)C(=O)NC(CCCN=C(N)N)C(=O)O. The highest BCUT2D eigenvalue weighted by Crippen LogP contribution is 2.05. The van der Waals surface area contributed by atoms with Crippen LogP contribution in [0.15, 0.2) is 4.99 Å². The first-order valence-corrected chi connectivity index (χ1v) is 10.6. The second-order valence-corrected chi connectivity index (χ2v) is 7.60. The van der Waals surface area contributed by atoms with Crippen molar-refractivity contribution >= 4 is 35.6 Å². The predicted molar refractivity (Wildman–Crippen MR) is 120 cm³/mol. The van der Waals surface area contributed by atoms with E-state index in [1.807, 2.05) is 6.92 Å². The van der Waals surface area contributed by atoms with Crippen LogP contribution >= 0.6 is 0 Å². The minimum absolute atomic E-state index is 0.0257. The van der Waals surface area contributed by atoms with Crippen molar-refractivity contribution in [3.05, 3.63) is 0 Å². The molecule has 0 aromatic heterocycles. The number of aliphatic imine (C=N–C) groups is 1. The molecule has 0 aliphatic rings. The Hall–Kier alpha value is -3.42. The monoisotopic (exact) mass is 472 g/mol. The molecule has 0 bridgehead atoms. The van der Waals surface area contributed by atoms with Crippen molar-refractivity contribution < 1.29 is 29.1 Å². The molecule has 4 amide bonds. The summed E-state index contributed by atoms with van der Waals surface area (Å²) in [7, 11) is 0. The lowest BCUT2D eigenvalue weighted by molar-refractivity contribution is -0.142. The second kappa shape index (κ2) is 15.4. The van der Waals surface area contributed by atoms with Crippen LogP contribution in [0, 0.1) is 5.92 Å². The molecule has 4 atom stereocenters. The van der Waals surface area contributed by atoms with Gasteiger partial charge in [-0.2, -0.15) is 0 Å². The smallest absolute Gasteiger partial charge is 0.326 e. The number of rotatable bonds is 16. The number of carboxylic acid groups (broad SMARTS) is 1. The predicted octanol–water partition coefficient (Wildman–Crippen LogP) is -3.15. The number of carbonyl (C=O) groups is 5. The summed E-state index contributed by atoms with van der Waals surface area (Å²) in [5, 5.41) is 16.4. The summed E-state index contributed by atoms with van der Waals surface area (Å²) in [6.07, 6.45) is 0.583. The van der Waals surface area contributed by atoms with Crippen LogP contribution in [0.3, 0.4) is 0 Å². The van der Waals surface area contributed by atoms with E-state index in [9.17, 15) is 29.1 Å². The van der Waals surface area contributed by atoms with Gasteiger partial charge in [-0.3, -0.25) is 24.2 Å². The number of primary amides is 1. The number of hydrogen-bond donors (Lipinski definition) is 8. The van der Waals surface area contributed by atoms with Crippen molar-refractivity contribution in [2.24, 2.45) is 33.8 Å². The number of nitrogens with two attached hydrogens (primary N) is 4. The van der Waals surface area contributed by atoms with Crippen molar-refractivity contribution in [2.45, 2.75) is 64.1 Å². The fourth-order valence-corrected chi connectivity index (χ4v) is 2.63. The van der Waals surface area contributed by atoms with Gasteiger partial charge in [-0.05, 0) is 25.2 Å². The molecule has 12 N–H and O–H groups in total. The number of aliphatic carboxylic acids is 1. The zero-order chi connectivity index (χ0) is 25.6. The maximum absolute atomic E-state index is 12.6. The van der Waals surface area contributed by atoms with E-state index in [0.29, 0.717) is 6.42 Å². The topological polar surface area (TPSA) is 258 Å². The molecule has 0 heterocycles. The number of nitrogens with zero attached hydrogens (tertiary/aromatic N) is 1. The Kier molecular flexibility index (Phi) is 13.8. The van der Waals surface area contributed by atoms with Crippen molar-refractivity contribution in [1.29, 1.82) is 0 Å². The third kappa shape index (κ3) is 12.9. The fourth-order valence-electron chi connectivity index (χ4n) is 2.63. The summed E-state index contributed by atoms with van der Waals surface area (Å²) in [4.78, 5) is 63.2. The summed E-state index contributed by atoms with van der Waals surface area (Å²) in [5.41, 5.74) is 21.3. The maximum atomic E-state index is 12.6. The molecule has 33 heavy (non-hydrogen) atoms. The van der Waals surface area contributed by atoms with Gasteiger partial charge >= 0.3 is 5.97 Å². The molecule has 0 aliphatic carbocycles. The van der Waals surface area contributed by atoms with E-state index < -0.39 is 54.3 Å². The van der Waals surface area contributed by atoms with E-state index in [0.717, 1.165) is 0 Å². The largest absolute Gasteiger partial charge is 0.480 e. The number of carbonyl (C=O) groups excluding carboxylic acids is 4. The van der Waals surface area contributed by atoms with Crippen molar-refractivity contribution in [1.82, 2.24) is 16.0 Å². The molecule has 0 radical (unpaired) electrons. The summed E-state index contributed by atoms with van der Waals surface area (Å²) >= 11 is 0. The van der Waals surface area contributed by atoms with Crippen LogP contribution in [0.25, 0.3) is 0 Å². The van der Waals surface area contributed by atoms with Crippen LogP contribution in [0.2, 0.25) is 0 Å². The van der Waals surface area contributed by atoms with E-state index in [2.05, 4.69) is 20.9 Å². The van der Waals surface area contributed by atoms with E-state index in [1.165, 1.54) is 0 Å². The minimum atomic E-state index is -1.29. The van der Waals surface area contributed by atoms with Crippen molar-refractivity contribution in [3.63, 3.8) is 0 Å². The van der Waals surface area contributed by atoms with Gasteiger partial charge in [-0.15, -0.1) is 0 Å². The Morgan fingerprint density at radius 2 is 1.61 bits per heavy atom. The standard InChI is InChI=1S/C19H36N8O6/c1-3-10(2)15(21)17(31)25-9-14(29)26-11(6-7-13(20)28)16(30)27-12(18(32)33)5-4-8-24-19(22)23/h10-12,15H,3-9,21H2,1-2H3,(H2,20,28)(H,25,31)(H,26,29)(H,27,30)(H,32,33)(H4,22,23,24). The van der Waals surface area contributed by atoms with Crippen molar-refractivity contribution in [2.75, 3.05) is 13.1 Å². The molecule has 188 valence electrons.